The first-order chi connectivity index (χ1) is 8.59. The van der Waals surface area contributed by atoms with Gasteiger partial charge in [-0.05, 0) is 23.3 Å². The van der Waals surface area contributed by atoms with Crippen molar-refractivity contribution in [3.05, 3.63) is 69.7 Å². The summed E-state index contributed by atoms with van der Waals surface area (Å²) in [5, 5.41) is 10.1. The maximum atomic E-state index is 13.5. The summed E-state index contributed by atoms with van der Waals surface area (Å²) in [5.74, 6) is -1.80. The molecule has 0 saturated carbocycles. The van der Waals surface area contributed by atoms with Crippen LogP contribution in [0.25, 0.3) is 0 Å². The normalized spacial score (nSPS) is 12.4. The van der Waals surface area contributed by atoms with Crippen LogP contribution in [0.1, 0.15) is 17.2 Å². The topological polar surface area (TPSA) is 20.2 Å². The summed E-state index contributed by atoms with van der Waals surface area (Å²) in [6.07, 6.45) is -0.844. The maximum absolute atomic E-state index is 13.5. The molecule has 0 amide bonds. The molecule has 1 atom stereocenters. The number of benzene rings is 2. The first-order valence-electron chi connectivity index (χ1n) is 5.45. The summed E-state index contributed by atoms with van der Waals surface area (Å²) in [6.45, 7) is 0. The van der Waals surface area contributed by atoms with Crippen LogP contribution >= 0.6 is 15.9 Å². The van der Waals surface area contributed by atoms with Crippen molar-refractivity contribution < 1.29 is 13.9 Å². The zero-order valence-corrected chi connectivity index (χ0v) is 11.0. The van der Waals surface area contributed by atoms with Crippen molar-refractivity contribution in [3.8, 4) is 0 Å². The Labute approximate surface area is 112 Å². The molecule has 0 saturated heterocycles. The SMILES string of the molecule is OC(Cc1cccc(F)c1F)c1ccccc1Br. The number of rotatable bonds is 3. The zero-order chi connectivity index (χ0) is 13.1. The van der Waals surface area contributed by atoms with Crippen molar-refractivity contribution >= 4 is 15.9 Å². The summed E-state index contributed by atoms with van der Waals surface area (Å²) in [5.41, 5.74) is 0.819. The van der Waals surface area contributed by atoms with E-state index < -0.39 is 17.7 Å². The maximum Gasteiger partial charge on any atom is 0.162 e. The van der Waals surface area contributed by atoms with Crippen LogP contribution in [0.5, 0.6) is 0 Å². The Morgan fingerprint density at radius 3 is 2.50 bits per heavy atom. The van der Waals surface area contributed by atoms with E-state index in [9.17, 15) is 13.9 Å². The van der Waals surface area contributed by atoms with Gasteiger partial charge in [0.2, 0.25) is 0 Å². The van der Waals surface area contributed by atoms with E-state index in [2.05, 4.69) is 15.9 Å². The molecule has 0 aliphatic carbocycles. The van der Waals surface area contributed by atoms with Crippen LogP contribution in [-0.4, -0.2) is 5.11 Å². The van der Waals surface area contributed by atoms with E-state index in [1.807, 2.05) is 6.07 Å². The summed E-state index contributed by atoms with van der Waals surface area (Å²) >= 11 is 3.32. The Morgan fingerprint density at radius 1 is 1.06 bits per heavy atom. The highest BCUT2D eigenvalue weighted by molar-refractivity contribution is 9.10. The Kier molecular flexibility index (Phi) is 4.09. The molecular weight excluding hydrogens is 302 g/mol. The first-order valence-corrected chi connectivity index (χ1v) is 6.24. The monoisotopic (exact) mass is 312 g/mol. The van der Waals surface area contributed by atoms with Crippen LogP contribution in [0.15, 0.2) is 46.9 Å². The highest BCUT2D eigenvalue weighted by atomic mass is 79.9. The second kappa shape index (κ2) is 5.59. The molecule has 4 heteroatoms. The van der Waals surface area contributed by atoms with Gasteiger partial charge >= 0.3 is 0 Å². The molecule has 1 nitrogen and oxygen atoms in total. The third-order valence-electron chi connectivity index (χ3n) is 2.71. The Balaban J connectivity index is 2.24. The Bertz CT molecular complexity index is 557. The molecule has 0 bridgehead atoms. The molecule has 94 valence electrons. The minimum absolute atomic E-state index is 0.0339. The van der Waals surface area contributed by atoms with E-state index in [0.29, 0.717) is 5.56 Å². The lowest BCUT2D eigenvalue weighted by Gasteiger charge is -2.13. The van der Waals surface area contributed by atoms with Gasteiger partial charge in [-0.2, -0.15) is 0 Å². The van der Waals surface area contributed by atoms with E-state index in [-0.39, 0.29) is 12.0 Å². The molecule has 0 spiro atoms. The van der Waals surface area contributed by atoms with Gasteiger partial charge in [0.15, 0.2) is 11.6 Å². The molecule has 0 aliphatic heterocycles. The number of hydrogen-bond donors (Lipinski definition) is 1. The van der Waals surface area contributed by atoms with Crippen molar-refractivity contribution in [1.82, 2.24) is 0 Å². The average molecular weight is 313 g/mol. The molecule has 0 aliphatic rings. The minimum Gasteiger partial charge on any atom is -0.388 e. The number of hydrogen-bond acceptors (Lipinski definition) is 1. The van der Waals surface area contributed by atoms with Crippen molar-refractivity contribution in [2.45, 2.75) is 12.5 Å². The van der Waals surface area contributed by atoms with E-state index in [1.165, 1.54) is 12.1 Å². The van der Waals surface area contributed by atoms with Crippen molar-refractivity contribution in [1.29, 1.82) is 0 Å². The summed E-state index contributed by atoms with van der Waals surface area (Å²) < 4.78 is 27.3. The Morgan fingerprint density at radius 2 is 1.78 bits per heavy atom. The van der Waals surface area contributed by atoms with Crippen molar-refractivity contribution in [3.63, 3.8) is 0 Å². The van der Waals surface area contributed by atoms with Gasteiger partial charge in [-0.25, -0.2) is 8.78 Å². The lowest BCUT2D eigenvalue weighted by atomic mass is 10.0. The standard InChI is InChI=1S/C14H11BrF2O/c15-11-6-2-1-5-10(11)13(18)8-9-4-3-7-12(16)14(9)17/h1-7,13,18H,8H2. The highest BCUT2D eigenvalue weighted by Gasteiger charge is 2.15. The molecule has 0 fully saturated rings. The second-order valence-electron chi connectivity index (χ2n) is 3.95. The van der Waals surface area contributed by atoms with E-state index in [0.717, 1.165) is 10.5 Å². The van der Waals surface area contributed by atoms with Crippen molar-refractivity contribution in [2.75, 3.05) is 0 Å². The highest BCUT2D eigenvalue weighted by Crippen LogP contribution is 2.26. The molecule has 1 unspecified atom stereocenters. The van der Waals surface area contributed by atoms with Crippen LogP contribution in [0, 0.1) is 11.6 Å². The molecule has 18 heavy (non-hydrogen) atoms. The van der Waals surface area contributed by atoms with Gasteiger partial charge in [0.1, 0.15) is 0 Å². The smallest absolute Gasteiger partial charge is 0.162 e. The lowest BCUT2D eigenvalue weighted by molar-refractivity contribution is 0.176. The molecule has 2 rings (SSSR count). The fourth-order valence-corrected chi connectivity index (χ4v) is 2.32. The van der Waals surface area contributed by atoms with Crippen LogP contribution in [0.2, 0.25) is 0 Å². The predicted octanol–water partition coefficient (Wildman–Crippen LogP) is 4.00. The average Bonchev–Trinajstić information content (AvgIpc) is 2.35. The molecule has 1 N–H and O–H groups in total. The zero-order valence-electron chi connectivity index (χ0n) is 9.41. The van der Waals surface area contributed by atoms with Crippen LogP contribution in [0.4, 0.5) is 8.78 Å². The van der Waals surface area contributed by atoms with Crippen LogP contribution < -0.4 is 0 Å². The van der Waals surface area contributed by atoms with Gasteiger partial charge in [-0.1, -0.05) is 46.3 Å². The van der Waals surface area contributed by atoms with Gasteiger partial charge in [0.25, 0.3) is 0 Å². The van der Waals surface area contributed by atoms with E-state index in [4.69, 9.17) is 0 Å². The number of halogens is 3. The molecule has 2 aromatic rings. The third-order valence-corrected chi connectivity index (χ3v) is 3.43. The van der Waals surface area contributed by atoms with Gasteiger partial charge in [0.05, 0.1) is 6.10 Å². The van der Waals surface area contributed by atoms with Gasteiger partial charge in [-0.15, -0.1) is 0 Å². The lowest BCUT2D eigenvalue weighted by Crippen LogP contribution is -2.05. The molecular formula is C14H11BrF2O. The molecule has 0 radical (unpaired) electrons. The minimum atomic E-state index is -0.899. The van der Waals surface area contributed by atoms with Gasteiger partial charge in [-0.3, -0.25) is 0 Å². The summed E-state index contributed by atoms with van der Waals surface area (Å²) in [6, 6.07) is 11.1. The molecule has 2 aromatic carbocycles. The van der Waals surface area contributed by atoms with Gasteiger partial charge < -0.3 is 5.11 Å². The Hall–Kier alpha value is -1.26. The first kappa shape index (κ1) is 13.2. The largest absolute Gasteiger partial charge is 0.388 e. The quantitative estimate of drug-likeness (QED) is 0.908. The molecule has 0 heterocycles. The van der Waals surface area contributed by atoms with Crippen molar-refractivity contribution in [2.24, 2.45) is 0 Å². The van der Waals surface area contributed by atoms with E-state index in [1.54, 1.807) is 18.2 Å². The number of aliphatic hydroxyl groups excluding tert-OH is 1. The van der Waals surface area contributed by atoms with Gasteiger partial charge in [0, 0.05) is 10.9 Å². The molecule has 0 aromatic heterocycles. The second-order valence-corrected chi connectivity index (χ2v) is 4.81. The summed E-state index contributed by atoms with van der Waals surface area (Å²) in [7, 11) is 0. The summed E-state index contributed by atoms with van der Waals surface area (Å²) in [4.78, 5) is 0. The van der Waals surface area contributed by atoms with Crippen LogP contribution in [-0.2, 0) is 6.42 Å². The fourth-order valence-electron chi connectivity index (χ4n) is 1.77. The van der Waals surface area contributed by atoms with E-state index >= 15 is 0 Å². The fraction of sp³-hybridized carbons (Fsp3) is 0.143. The predicted molar refractivity (Wildman–Crippen MR) is 69.2 cm³/mol. The van der Waals surface area contributed by atoms with Crippen LogP contribution in [0.3, 0.4) is 0 Å². The third kappa shape index (κ3) is 2.76. The number of aliphatic hydroxyl groups is 1.